The van der Waals surface area contributed by atoms with Crippen molar-refractivity contribution in [1.82, 2.24) is 15.1 Å². The van der Waals surface area contributed by atoms with Crippen LogP contribution < -0.4 is 5.32 Å². The molecule has 33 heavy (non-hydrogen) atoms. The zero-order chi connectivity index (χ0) is 23.5. The average Bonchev–Trinajstić information content (AvgIpc) is 3.22. The highest BCUT2D eigenvalue weighted by atomic mass is 32.2. The molecule has 2 aliphatic carbocycles. The van der Waals surface area contributed by atoms with Crippen LogP contribution in [0.25, 0.3) is 5.69 Å². The van der Waals surface area contributed by atoms with Gasteiger partial charge in [-0.3, -0.25) is 4.79 Å². The molecule has 2 N–H and O–H groups in total. The molecule has 1 heterocycles. The Bertz CT molecular complexity index is 960. The summed E-state index contributed by atoms with van der Waals surface area (Å²) in [6, 6.07) is 7.12. The fraction of sp³-hybridized carbons (Fsp3) is 0.560. The van der Waals surface area contributed by atoms with Crippen LogP contribution in [0.2, 0.25) is 0 Å². The van der Waals surface area contributed by atoms with Gasteiger partial charge >= 0.3 is 5.97 Å². The third kappa shape index (κ3) is 5.11. The first-order chi connectivity index (χ1) is 15.9. The molecule has 0 spiro atoms. The van der Waals surface area contributed by atoms with E-state index >= 15 is 0 Å². The molecule has 0 saturated heterocycles. The number of hydrogen-bond acceptors (Lipinski definition) is 6. The van der Waals surface area contributed by atoms with Crippen LogP contribution in [0.4, 0.5) is 0 Å². The van der Waals surface area contributed by atoms with E-state index in [-0.39, 0.29) is 24.0 Å². The molecule has 8 heteroatoms. The average molecular weight is 472 g/mol. The first-order valence-corrected chi connectivity index (χ1v) is 12.8. The standard InChI is InChI=1S/C25H33N3O4S/c1-4-9-33-24-21(14-26-28(24)19-7-5-16(6-8-19)25(31)32-3)23(30)27-22-17-10-15(2)11-18(22)13-20(29)12-17/h5-8,14-15,17-18,20,22,29H,4,9-13H2,1-3H3,(H,27,30)/t15?,17-,18+,20?,22?. The summed E-state index contributed by atoms with van der Waals surface area (Å²) in [6.45, 7) is 4.37. The second-order valence-electron chi connectivity index (χ2n) is 9.38. The Balaban J connectivity index is 1.58. The number of benzene rings is 1. The van der Waals surface area contributed by atoms with Crippen molar-refractivity contribution in [2.75, 3.05) is 12.9 Å². The monoisotopic (exact) mass is 471 g/mol. The van der Waals surface area contributed by atoms with Crippen molar-refractivity contribution < 1.29 is 19.4 Å². The zero-order valence-corrected chi connectivity index (χ0v) is 20.3. The molecule has 5 atom stereocenters. The van der Waals surface area contributed by atoms with E-state index in [9.17, 15) is 14.7 Å². The fourth-order valence-corrected chi connectivity index (χ4v) is 6.40. The van der Waals surface area contributed by atoms with Crippen molar-refractivity contribution >= 4 is 23.6 Å². The van der Waals surface area contributed by atoms with E-state index in [2.05, 4.69) is 24.3 Å². The number of hydrogen-bond donors (Lipinski definition) is 2. The smallest absolute Gasteiger partial charge is 0.337 e. The number of carbonyl (C=O) groups is 2. The van der Waals surface area contributed by atoms with Gasteiger partial charge in [-0.15, -0.1) is 11.8 Å². The molecule has 1 aromatic heterocycles. The minimum atomic E-state index is -0.389. The van der Waals surface area contributed by atoms with Crippen molar-refractivity contribution in [2.45, 2.75) is 63.1 Å². The third-order valence-corrected chi connectivity index (χ3v) is 8.10. The van der Waals surface area contributed by atoms with Gasteiger partial charge in [-0.05, 0) is 79.9 Å². The fourth-order valence-electron chi connectivity index (χ4n) is 5.42. The van der Waals surface area contributed by atoms with Gasteiger partial charge in [-0.25, -0.2) is 9.48 Å². The van der Waals surface area contributed by atoms with Crippen molar-refractivity contribution in [2.24, 2.45) is 17.8 Å². The van der Waals surface area contributed by atoms with Crippen molar-refractivity contribution in [3.05, 3.63) is 41.6 Å². The van der Waals surface area contributed by atoms with Crippen molar-refractivity contribution in [3.63, 3.8) is 0 Å². The van der Waals surface area contributed by atoms with Gasteiger partial charge in [0.1, 0.15) is 5.03 Å². The van der Waals surface area contributed by atoms with Crippen molar-refractivity contribution in [1.29, 1.82) is 0 Å². The van der Waals surface area contributed by atoms with Gasteiger partial charge in [0.15, 0.2) is 0 Å². The van der Waals surface area contributed by atoms with Gasteiger partial charge in [0.2, 0.25) is 0 Å². The van der Waals surface area contributed by atoms with Gasteiger partial charge in [0.05, 0.1) is 36.2 Å². The van der Waals surface area contributed by atoms with E-state index in [4.69, 9.17) is 4.74 Å². The number of nitrogens with one attached hydrogen (secondary N) is 1. The Morgan fingerprint density at radius 1 is 1.18 bits per heavy atom. The summed E-state index contributed by atoms with van der Waals surface area (Å²) in [7, 11) is 1.36. The Labute approximate surface area is 199 Å². The maximum absolute atomic E-state index is 13.4. The van der Waals surface area contributed by atoms with Crippen LogP contribution in [-0.4, -0.2) is 51.8 Å². The summed E-state index contributed by atoms with van der Waals surface area (Å²) in [5.74, 6) is 1.65. The van der Waals surface area contributed by atoms with E-state index < -0.39 is 0 Å². The van der Waals surface area contributed by atoms with Gasteiger partial charge in [0.25, 0.3) is 5.91 Å². The predicted molar refractivity (Wildman–Crippen MR) is 128 cm³/mol. The summed E-state index contributed by atoms with van der Waals surface area (Å²) in [6.07, 6.45) is 5.96. The Morgan fingerprint density at radius 3 is 2.45 bits per heavy atom. The Morgan fingerprint density at radius 2 is 1.85 bits per heavy atom. The van der Waals surface area contributed by atoms with Crippen LogP contribution in [-0.2, 0) is 4.74 Å². The highest BCUT2D eigenvalue weighted by molar-refractivity contribution is 7.99. The number of nitrogens with zero attached hydrogens (tertiary/aromatic N) is 2. The third-order valence-electron chi connectivity index (χ3n) is 6.82. The van der Waals surface area contributed by atoms with E-state index in [0.29, 0.717) is 28.9 Å². The summed E-state index contributed by atoms with van der Waals surface area (Å²) >= 11 is 1.61. The molecule has 2 fully saturated rings. The summed E-state index contributed by atoms with van der Waals surface area (Å²) < 4.78 is 6.54. The number of amides is 1. The summed E-state index contributed by atoms with van der Waals surface area (Å²) in [5, 5.41) is 18.9. The summed E-state index contributed by atoms with van der Waals surface area (Å²) in [5.41, 5.74) is 1.82. The lowest BCUT2D eigenvalue weighted by molar-refractivity contribution is 0.00240. The van der Waals surface area contributed by atoms with Gasteiger partial charge in [-0.2, -0.15) is 5.10 Å². The number of methoxy groups -OCH3 is 1. The molecular weight excluding hydrogens is 438 g/mol. The van der Waals surface area contributed by atoms with Crippen LogP contribution in [0.5, 0.6) is 0 Å². The van der Waals surface area contributed by atoms with Gasteiger partial charge < -0.3 is 15.2 Å². The molecule has 3 unspecified atom stereocenters. The largest absolute Gasteiger partial charge is 0.465 e. The molecular formula is C25H33N3O4S. The number of aliphatic hydroxyl groups is 1. The first-order valence-electron chi connectivity index (χ1n) is 11.8. The predicted octanol–water partition coefficient (Wildman–Crippen LogP) is 4.08. The highest BCUT2D eigenvalue weighted by Crippen LogP contribution is 2.43. The molecule has 1 amide bonds. The lowest BCUT2D eigenvalue weighted by Crippen LogP contribution is -2.53. The number of ether oxygens (including phenoxy) is 1. The molecule has 2 saturated carbocycles. The minimum Gasteiger partial charge on any atom is -0.465 e. The van der Waals surface area contributed by atoms with Crippen LogP contribution in [0, 0.1) is 17.8 Å². The molecule has 2 aliphatic rings. The Hall–Kier alpha value is -2.32. The summed E-state index contributed by atoms with van der Waals surface area (Å²) in [4.78, 5) is 25.2. The lowest BCUT2D eigenvalue weighted by atomic mass is 9.64. The highest BCUT2D eigenvalue weighted by Gasteiger charge is 2.43. The number of esters is 1. The molecule has 178 valence electrons. The van der Waals surface area contributed by atoms with Gasteiger partial charge in [-0.1, -0.05) is 13.8 Å². The van der Waals surface area contributed by atoms with Crippen LogP contribution in [0.3, 0.4) is 0 Å². The maximum atomic E-state index is 13.4. The maximum Gasteiger partial charge on any atom is 0.337 e. The normalized spacial score (nSPS) is 26.6. The number of aromatic nitrogens is 2. The van der Waals surface area contributed by atoms with E-state index in [0.717, 1.165) is 48.6 Å². The molecule has 4 rings (SSSR count). The molecule has 1 aromatic carbocycles. The van der Waals surface area contributed by atoms with Gasteiger partial charge in [0, 0.05) is 6.04 Å². The Kier molecular flexibility index (Phi) is 7.44. The topological polar surface area (TPSA) is 93.5 Å². The quantitative estimate of drug-likeness (QED) is 0.467. The minimum absolute atomic E-state index is 0.100. The number of thioether (sulfide) groups is 1. The van der Waals surface area contributed by atoms with Crippen LogP contribution in [0.15, 0.2) is 35.5 Å². The lowest BCUT2D eigenvalue weighted by Gasteiger charge is -2.47. The van der Waals surface area contributed by atoms with Crippen LogP contribution in [0.1, 0.15) is 66.7 Å². The molecule has 7 nitrogen and oxygen atoms in total. The van der Waals surface area contributed by atoms with E-state index in [1.165, 1.54) is 7.11 Å². The SMILES string of the molecule is CCCSc1c(C(=O)NC2[C@@H]3CC(C)C[C@H]2CC(O)C3)cnn1-c1ccc(C(=O)OC)cc1. The second-order valence-corrected chi connectivity index (χ2v) is 10.5. The first kappa shape index (κ1) is 23.8. The van der Waals surface area contributed by atoms with E-state index in [1.54, 1.807) is 34.8 Å². The zero-order valence-electron chi connectivity index (χ0n) is 19.5. The number of aliphatic hydroxyl groups excluding tert-OH is 1. The number of fused-ring (bicyclic) bond motifs is 2. The number of rotatable bonds is 7. The second kappa shape index (κ2) is 10.3. The number of carbonyl (C=O) groups excluding carboxylic acids is 2. The molecule has 0 radical (unpaired) electrons. The van der Waals surface area contributed by atoms with Crippen molar-refractivity contribution in [3.8, 4) is 5.69 Å². The van der Waals surface area contributed by atoms with E-state index in [1.807, 2.05) is 12.1 Å². The van der Waals surface area contributed by atoms with Crippen LogP contribution >= 0.6 is 11.8 Å². The molecule has 2 aromatic rings. The molecule has 2 bridgehead atoms. The molecule has 0 aliphatic heterocycles.